The average molecular weight is 433 g/mol. The van der Waals surface area contributed by atoms with E-state index in [0.29, 0.717) is 28.6 Å². The molecule has 4 amide bonds. The fourth-order valence-corrected chi connectivity index (χ4v) is 3.20. The molecule has 1 fully saturated rings. The van der Waals surface area contributed by atoms with Gasteiger partial charge in [-0.05, 0) is 53.6 Å². The summed E-state index contributed by atoms with van der Waals surface area (Å²) in [5.74, 6) is -0.855. The number of barbiturate groups is 1. The van der Waals surface area contributed by atoms with E-state index in [0.717, 1.165) is 10.5 Å². The maximum atomic E-state index is 12.9. The van der Waals surface area contributed by atoms with Gasteiger partial charge in [0.05, 0.1) is 5.69 Å². The number of nitrogens with zero attached hydrogens (tertiary/aromatic N) is 1. The van der Waals surface area contributed by atoms with Gasteiger partial charge in [-0.1, -0.05) is 54.1 Å². The average Bonchev–Trinajstić information content (AvgIpc) is 2.77. The van der Waals surface area contributed by atoms with Crippen molar-refractivity contribution in [1.82, 2.24) is 5.32 Å². The van der Waals surface area contributed by atoms with E-state index >= 15 is 0 Å². The van der Waals surface area contributed by atoms with Gasteiger partial charge in [0.2, 0.25) is 0 Å². The third-order valence-corrected chi connectivity index (χ3v) is 4.86. The summed E-state index contributed by atoms with van der Waals surface area (Å²) >= 11 is 5.89. The Balaban J connectivity index is 1.56. The van der Waals surface area contributed by atoms with Crippen LogP contribution in [0.15, 0.2) is 84.4 Å². The molecule has 6 nitrogen and oxygen atoms in total. The zero-order valence-corrected chi connectivity index (χ0v) is 17.0. The van der Waals surface area contributed by atoms with Gasteiger partial charge in [0, 0.05) is 5.02 Å². The smallest absolute Gasteiger partial charge is 0.335 e. The Morgan fingerprint density at radius 3 is 2.39 bits per heavy atom. The Hall–Kier alpha value is -3.90. The minimum Gasteiger partial charge on any atom is -0.489 e. The summed E-state index contributed by atoms with van der Waals surface area (Å²) in [5, 5.41) is 2.86. The molecule has 7 heteroatoms. The lowest BCUT2D eigenvalue weighted by Gasteiger charge is -2.26. The van der Waals surface area contributed by atoms with Crippen molar-refractivity contribution in [2.45, 2.75) is 6.61 Å². The van der Waals surface area contributed by atoms with Gasteiger partial charge in [-0.2, -0.15) is 0 Å². The van der Waals surface area contributed by atoms with Crippen LogP contribution in [0.2, 0.25) is 5.02 Å². The van der Waals surface area contributed by atoms with Crippen molar-refractivity contribution >= 4 is 41.2 Å². The Kier molecular flexibility index (Phi) is 5.82. The number of urea groups is 1. The third kappa shape index (κ3) is 4.65. The van der Waals surface area contributed by atoms with Gasteiger partial charge in [0.15, 0.2) is 0 Å². The van der Waals surface area contributed by atoms with Gasteiger partial charge >= 0.3 is 6.03 Å². The number of hydrogen-bond donors (Lipinski definition) is 1. The molecule has 1 aliphatic heterocycles. The monoisotopic (exact) mass is 432 g/mol. The van der Waals surface area contributed by atoms with Crippen LogP contribution in [0.4, 0.5) is 10.5 Å². The number of halogens is 1. The van der Waals surface area contributed by atoms with E-state index in [1.54, 1.807) is 66.7 Å². The quantitative estimate of drug-likeness (QED) is 0.472. The summed E-state index contributed by atoms with van der Waals surface area (Å²) in [4.78, 5) is 38.4. The summed E-state index contributed by atoms with van der Waals surface area (Å²) in [6.45, 7) is 0.340. The summed E-state index contributed by atoms with van der Waals surface area (Å²) in [7, 11) is 0. The summed E-state index contributed by atoms with van der Waals surface area (Å²) < 4.78 is 5.80. The normalized spacial score (nSPS) is 15.2. The van der Waals surface area contributed by atoms with Crippen LogP contribution < -0.4 is 15.0 Å². The Morgan fingerprint density at radius 1 is 0.903 bits per heavy atom. The minimum atomic E-state index is -0.779. The highest BCUT2D eigenvalue weighted by Crippen LogP contribution is 2.23. The van der Waals surface area contributed by atoms with Crippen LogP contribution in [0, 0.1) is 0 Å². The van der Waals surface area contributed by atoms with E-state index < -0.39 is 17.8 Å². The Morgan fingerprint density at radius 2 is 1.65 bits per heavy atom. The molecule has 0 radical (unpaired) electrons. The topological polar surface area (TPSA) is 75.7 Å². The number of carbonyl (C=O) groups is 3. The fraction of sp³-hybridized carbons (Fsp3) is 0.0417. The highest BCUT2D eigenvalue weighted by molar-refractivity contribution is 6.39. The SMILES string of the molecule is O=C1NC(=O)N(c2ccccc2)C(=O)/C1=C\c1cccc(OCc2ccc(Cl)cc2)c1. The lowest BCUT2D eigenvalue weighted by Crippen LogP contribution is -2.54. The molecule has 0 atom stereocenters. The zero-order valence-electron chi connectivity index (χ0n) is 16.2. The lowest BCUT2D eigenvalue weighted by molar-refractivity contribution is -0.122. The first-order valence-corrected chi connectivity index (χ1v) is 9.83. The van der Waals surface area contributed by atoms with E-state index in [1.165, 1.54) is 6.08 Å². The molecule has 0 unspecified atom stereocenters. The van der Waals surface area contributed by atoms with Crippen LogP contribution in [0.25, 0.3) is 6.08 Å². The van der Waals surface area contributed by atoms with Gasteiger partial charge in [0.1, 0.15) is 17.9 Å². The van der Waals surface area contributed by atoms with Crippen LogP contribution in [0.5, 0.6) is 5.75 Å². The molecular weight excluding hydrogens is 416 g/mol. The van der Waals surface area contributed by atoms with Crippen LogP contribution in [0.1, 0.15) is 11.1 Å². The number of hydrogen-bond acceptors (Lipinski definition) is 4. The number of anilines is 1. The zero-order chi connectivity index (χ0) is 21.8. The van der Waals surface area contributed by atoms with Gasteiger partial charge in [0.25, 0.3) is 11.8 Å². The molecule has 0 aromatic heterocycles. The number of amides is 4. The molecule has 3 aromatic carbocycles. The van der Waals surface area contributed by atoms with E-state index in [1.807, 2.05) is 12.1 Å². The maximum Gasteiger partial charge on any atom is 0.335 e. The van der Waals surface area contributed by atoms with Gasteiger partial charge in [-0.3, -0.25) is 14.9 Å². The van der Waals surface area contributed by atoms with Gasteiger partial charge in [-0.25, -0.2) is 9.69 Å². The molecule has 0 bridgehead atoms. The molecule has 154 valence electrons. The molecule has 1 heterocycles. The van der Waals surface area contributed by atoms with Crippen molar-refractivity contribution in [2.24, 2.45) is 0 Å². The summed E-state index contributed by atoms with van der Waals surface area (Å²) in [6.07, 6.45) is 1.44. The molecule has 0 aliphatic carbocycles. The van der Waals surface area contributed by atoms with Gasteiger partial charge in [-0.15, -0.1) is 0 Å². The van der Waals surface area contributed by atoms with Crippen LogP contribution in [0.3, 0.4) is 0 Å². The second kappa shape index (κ2) is 8.85. The van der Waals surface area contributed by atoms with E-state index in [9.17, 15) is 14.4 Å². The highest BCUT2D eigenvalue weighted by Gasteiger charge is 2.36. The molecule has 4 rings (SSSR count). The molecular formula is C24H17ClN2O4. The van der Waals surface area contributed by atoms with Crippen molar-refractivity contribution in [3.8, 4) is 5.75 Å². The number of nitrogens with one attached hydrogen (secondary N) is 1. The van der Waals surface area contributed by atoms with Crippen LogP contribution in [-0.4, -0.2) is 17.8 Å². The van der Waals surface area contributed by atoms with Crippen molar-refractivity contribution in [3.05, 3.63) is 101 Å². The van der Waals surface area contributed by atoms with Crippen molar-refractivity contribution < 1.29 is 19.1 Å². The molecule has 31 heavy (non-hydrogen) atoms. The molecule has 1 saturated heterocycles. The van der Waals surface area contributed by atoms with Crippen LogP contribution in [-0.2, 0) is 16.2 Å². The van der Waals surface area contributed by atoms with E-state index in [4.69, 9.17) is 16.3 Å². The molecule has 1 aliphatic rings. The summed E-state index contributed by atoms with van der Waals surface area (Å²) in [6, 6.07) is 22.0. The standard InChI is InChI=1S/C24H17ClN2O4/c25-18-11-9-16(10-12-18)15-31-20-8-4-5-17(13-20)14-21-22(28)26-24(30)27(23(21)29)19-6-2-1-3-7-19/h1-14H,15H2,(H,26,28,30)/b21-14-. The highest BCUT2D eigenvalue weighted by atomic mass is 35.5. The number of para-hydroxylation sites is 1. The molecule has 0 spiro atoms. The summed E-state index contributed by atoms with van der Waals surface area (Å²) in [5.41, 5.74) is 1.78. The number of carbonyl (C=O) groups excluding carboxylic acids is 3. The first-order valence-electron chi connectivity index (χ1n) is 9.45. The lowest BCUT2D eigenvalue weighted by atomic mass is 10.1. The number of rotatable bonds is 5. The van der Waals surface area contributed by atoms with E-state index in [2.05, 4.69) is 5.32 Å². The largest absolute Gasteiger partial charge is 0.489 e. The Bertz CT molecular complexity index is 1170. The number of ether oxygens (including phenoxy) is 1. The molecule has 1 N–H and O–H groups in total. The van der Waals surface area contributed by atoms with Crippen molar-refractivity contribution in [3.63, 3.8) is 0 Å². The minimum absolute atomic E-state index is 0.140. The Labute approximate surface area is 183 Å². The molecule has 0 saturated carbocycles. The second-order valence-corrected chi connectivity index (χ2v) is 7.22. The fourth-order valence-electron chi connectivity index (χ4n) is 3.08. The maximum absolute atomic E-state index is 12.9. The number of benzene rings is 3. The van der Waals surface area contributed by atoms with Gasteiger partial charge < -0.3 is 4.74 Å². The first kappa shape index (κ1) is 20.4. The second-order valence-electron chi connectivity index (χ2n) is 6.78. The first-order chi connectivity index (χ1) is 15.0. The third-order valence-electron chi connectivity index (χ3n) is 4.60. The van der Waals surface area contributed by atoms with E-state index in [-0.39, 0.29) is 5.57 Å². The predicted octanol–water partition coefficient (Wildman–Crippen LogP) is 4.59. The predicted molar refractivity (Wildman–Crippen MR) is 118 cm³/mol. The molecule has 3 aromatic rings. The van der Waals surface area contributed by atoms with Crippen molar-refractivity contribution in [2.75, 3.05) is 4.90 Å². The van der Waals surface area contributed by atoms with Crippen LogP contribution >= 0.6 is 11.6 Å². The number of imide groups is 2. The van der Waals surface area contributed by atoms with Crippen molar-refractivity contribution in [1.29, 1.82) is 0 Å².